The van der Waals surface area contributed by atoms with Gasteiger partial charge >= 0.3 is 0 Å². The molecule has 1 fully saturated rings. The lowest BCUT2D eigenvalue weighted by Gasteiger charge is -2.33. The molecule has 0 radical (unpaired) electrons. The molecule has 0 aliphatic carbocycles. The van der Waals surface area contributed by atoms with Crippen molar-refractivity contribution < 1.29 is 4.79 Å². The zero-order chi connectivity index (χ0) is 13.3. The first kappa shape index (κ1) is 13.0. The van der Waals surface area contributed by atoms with Crippen LogP contribution in [0.15, 0.2) is 12.3 Å². The largest absolute Gasteiger partial charge is 0.397 e. The number of piperidine rings is 1. The van der Waals surface area contributed by atoms with Crippen LogP contribution >= 0.6 is 0 Å². The third-order valence-corrected chi connectivity index (χ3v) is 3.71. The zero-order valence-electron chi connectivity index (χ0n) is 11.5. The molecule has 0 saturated carbocycles. The van der Waals surface area contributed by atoms with E-state index in [1.54, 1.807) is 6.07 Å². The quantitative estimate of drug-likeness (QED) is 0.876. The summed E-state index contributed by atoms with van der Waals surface area (Å²) in [5.41, 5.74) is 7.21. The minimum Gasteiger partial charge on any atom is -0.397 e. The van der Waals surface area contributed by atoms with Crippen molar-refractivity contribution in [1.82, 2.24) is 9.47 Å². The summed E-state index contributed by atoms with van der Waals surface area (Å²) in [4.78, 5) is 14.6. The van der Waals surface area contributed by atoms with Crippen molar-refractivity contribution in [3.8, 4) is 0 Å². The number of rotatable bonds is 2. The highest BCUT2D eigenvalue weighted by atomic mass is 16.2. The molecule has 1 amide bonds. The van der Waals surface area contributed by atoms with E-state index in [2.05, 4.69) is 20.8 Å². The number of hydrogen-bond donors (Lipinski definition) is 1. The van der Waals surface area contributed by atoms with Gasteiger partial charge in [0, 0.05) is 24.8 Å². The Bertz CT molecular complexity index is 436. The number of nitrogens with zero attached hydrogens (tertiary/aromatic N) is 2. The summed E-state index contributed by atoms with van der Waals surface area (Å²) in [6, 6.07) is 2.38. The molecule has 1 unspecified atom stereocenters. The molecule has 2 N–H and O–H groups in total. The van der Waals surface area contributed by atoms with Gasteiger partial charge in [-0.3, -0.25) is 4.79 Å². The second-order valence-corrected chi connectivity index (χ2v) is 5.50. The van der Waals surface area contributed by atoms with Gasteiger partial charge in [0.25, 0.3) is 5.91 Å². The average molecular weight is 249 g/mol. The fourth-order valence-corrected chi connectivity index (χ4v) is 2.65. The van der Waals surface area contributed by atoms with E-state index in [0.29, 0.717) is 11.7 Å². The Hall–Kier alpha value is -1.45. The van der Waals surface area contributed by atoms with E-state index < -0.39 is 0 Å². The first-order chi connectivity index (χ1) is 8.50. The second kappa shape index (κ2) is 5.04. The van der Waals surface area contributed by atoms with Gasteiger partial charge in [0.2, 0.25) is 0 Å². The Morgan fingerprint density at radius 1 is 1.44 bits per heavy atom. The van der Waals surface area contributed by atoms with Gasteiger partial charge in [0.1, 0.15) is 5.69 Å². The van der Waals surface area contributed by atoms with Crippen molar-refractivity contribution in [2.75, 3.05) is 12.3 Å². The molecular formula is C14H23N3O. The molecule has 1 aromatic rings. The summed E-state index contributed by atoms with van der Waals surface area (Å²) in [6.45, 7) is 7.12. The summed E-state index contributed by atoms with van der Waals surface area (Å²) < 4.78 is 1.97. The summed E-state index contributed by atoms with van der Waals surface area (Å²) in [5, 5.41) is 0. The number of nitrogen functional groups attached to an aromatic ring is 1. The Balaban J connectivity index is 2.27. The molecule has 0 aromatic carbocycles. The molecule has 2 heterocycles. The maximum absolute atomic E-state index is 12.6. The first-order valence-electron chi connectivity index (χ1n) is 6.79. The van der Waals surface area contributed by atoms with Crippen LogP contribution < -0.4 is 5.73 Å². The molecular weight excluding hydrogens is 226 g/mol. The molecule has 0 bridgehead atoms. The van der Waals surface area contributed by atoms with Crippen LogP contribution in [0.2, 0.25) is 0 Å². The van der Waals surface area contributed by atoms with E-state index in [1.165, 1.54) is 6.42 Å². The lowest BCUT2D eigenvalue weighted by atomic mass is 10.0. The van der Waals surface area contributed by atoms with Crippen molar-refractivity contribution >= 4 is 11.6 Å². The molecule has 1 aromatic heterocycles. The van der Waals surface area contributed by atoms with Gasteiger partial charge < -0.3 is 15.2 Å². The summed E-state index contributed by atoms with van der Waals surface area (Å²) >= 11 is 0. The van der Waals surface area contributed by atoms with E-state index in [-0.39, 0.29) is 11.9 Å². The van der Waals surface area contributed by atoms with Crippen molar-refractivity contribution in [2.24, 2.45) is 0 Å². The van der Waals surface area contributed by atoms with E-state index >= 15 is 0 Å². The number of anilines is 1. The van der Waals surface area contributed by atoms with Gasteiger partial charge in [-0.05, 0) is 46.1 Å². The molecule has 1 atom stereocenters. The van der Waals surface area contributed by atoms with Gasteiger partial charge in [0.05, 0.1) is 5.69 Å². The minimum atomic E-state index is 0.118. The maximum atomic E-state index is 12.6. The lowest BCUT2D eigenvalue weighted by Crippen LogP contribution is -2.42. The molecule has 2 rings (SSSR count). The van der Waals surface area contributed by atoms with Gasteiger partial charge in [-0.2, -0.15) is 0 Å². The van der Waals surface area contributed by atoms with Crippen molar-refractivity contribution in [3.05, 3.63) is 18.0 Å². The van der Waals surface area contributed by atoms with Crippen LogP contribution in [0.4, 0.5) is 5.69 Å². The van der Waals surface area contributed by atoms with Crippen LogP contribution in [0.3, 0.4) is 0 Å². The monoisotopic (exact) mass is 249 g/mol. The zero-order valence-corrected chi connectivity index (χ0v) is 11.5. The predicted octanol–water partition coefficient (Wildman–Crippen LogP) is 2.67. The van der Waals surface area contributed by atoms with Gasteiger partial charge in [-0.25, -0.2) is 0 Å². The highest BCUT2D eigenvalue weighted by Crippen LogP contribution is 2.23. The predicted molar refractivity (Wildman–Crippen MR) is 73.6 cm³/mol. The Morgan fingerprint density at radius 3 is 2.78 bits per heavy atom. The minimum absolute atomic E-state index is 0.118. The molecule has 18 heavy (non-hydrogen) atoms. The number of nitrogens with two attached hydrogens (primary N) is 1. The standard InChI is InChI=1S/C14H23N3O/c1-10(2)17-9-12(15)8-13(17)14(18)16-7-5-4-6-11(16)3/h8-11H,4-7,15H2,1-3H3. The van der Waals surface area contributed by atoms with E-state index in [4.69, 9.17) is 5.73 Å². The van der Waals surface area contributed by atoms with Crippen LogP contribution in [0, 0.1) is 0 Å². The molecule has 0 spiro atoms. The van der Waals surface area contributed by atoms with Gasteiger partial charge in [-0.15, -0.1) is 0 Å². The van der Waals surface area contributed by atoms with Crippen LogP contribution in [0.25, 0.3) is 0 Å². The Kier molecular flexibility index (Phi) is 3.64. The number of carbonyl (C=O) groups is 1. The number of amides is 1. The van der Waals surface area contributed by atoms with Crippen LogP contribution in [0.1, 0.15) is 56.6 Å². The molecule has 1 saturated heterocycles. The van der Waals surface area contributed by atoms with Crippen LogP contribution in [0.5, 0.6) is 0 Å². The molecule has 1 aliphatic heterocycles. The summed E-state index contributed by atoms with van der Waals surface area (Å²) in [6.07, 6.45) is 5.28. The topological polar surface area (TPSA) is 51.3 Å². The van der Waals surface area contributed by atoms with Crippen molar-refractivity contribution in [3.63, 3.8) is 0 Å². The molecule has 1 aliphatic rings. The third-order valence-electron chi connectivity index (χ3n) is 3.71. The third kappa shape index (κ3) is 2.37. The highest BCUT2D eigenvalue weighted by Gasteiger charge is 2.26. The van der Waals surface area contributed by atoms with Crippen molar-refractivity contribution in [2.45, 2.75) is 52.1 Å². The fraction of sp³-hybridized carbons (Fsp3) is 0.643. The van der Waals surface area contributed by atoms with Gasteiger partial charge in [0.15, 0.2) is 0 Å². The number of likely N-dealkylation sites (tertiary alicyclic amines) is 1. The normalized spacial score (nSPS) is 20.4. The highest BCUT2D eigenvalue weighted by molar-refractivity contribution is 5.94. The fourth-order valence-electron chi connectivity index (χ4n) is 2.65. The second-order valence-electron chi connectivity index (χ2n) is 5.50. The maximum Gasteiger partial charge on any atom is 0.270 e. The number of aromatic nitrogens is 1. The first-order valence-corrected chi connectivity index (χ1v) is 6.79. The Morgan fingerprint density at radius 2 is 2.17 bits per heavy atom. The summed E-state index contributed by atoms with van der Waals surface area (Å²) in [7, 11) is 0. The number of carbonyl (C=O) groups excluding carboxylic acids is 1. The van der Waals surface area contributed by atoms with E-state index in [1.807, 2.05) is 15.7 Å². The summed E-state index contributed by atoms with van der Waals surface area (Å²) in [5.74, 6) is 0.118. The van der Waals surface area contributed by atoms with E-state index in [9.17, 15) is 4.79 Å². The van der Waals surface area contributed by atoms with Crippen LogP contribution in [-0.4, -0.2) is 28.0 Å². The average Bonchev–Trinajstić information content (AvgIpc) is 2.71. The number of hydrogen-bond acceptors (Lipinski definition) is 2. The van der Waals surface area contributed by atoms with Crippen LogP contribution in [-0.2, 0) is 0 Å². The lowest BCUT2D eigenvalue weighted by molar-refractivity contribution is 0.0623. The SMILES string of the molecule is CC1CCCCN1C(=O)c1cc(N)cn1C(C)C. The molecule has 4 nitrogen and oxygen atoms in total. The van der Waals surface area contributed by atoms with Gasteiger partial charge in [-0.1, -0.05) is 0 Å². The smallest absolute Gasteiger partial charge is 0.270 e. The van der Waals surface area contributed by atoms with Crippen molar-refractivity contribution in [1.29, 1.82) is 0 Å². The molecule has 100 valence electrons. The molecule has 4 heteroatoms. The van der Waals surface area contributed by atoms with E-state index in [0.717, 1.165) is 25.1 Å². The Labute approximate surface area is 109 Å².